The maximum atomic E-state index is 13.7. The number of ketones is 1. The summed E-state index contributed by atoms with van der Waals surface area (Å²) in [5.74, 6) is 2.34. The van der Waals surface area contributed by atoms with E-state index < -0.39 is 5.97 Å². The fraction of sp³-hybridized carbons (Fsp3) is 0.880. The standard InChI is InChI=1S/C25H38O5/c1-15(4-9-23(28)29)19-7-8-20-18-6-5-16-12-17(30-14-26)10-11-24(16,2)21(18)13-22(27)25(19,20)3/h14-21H,4-13H2,1-3H3,(H,28,29)/t15-,16+,17-,18-,19+,20-,21-,24-,25+/m0/s1. The van der Waals surface area contributed by atoms with Crippen LogP contribution in [0.2, 0.25) is 0 Å². The molecular formula is C25H38O5. The fourth-order valence-electron chi connectivity index (χ4n) is 8.62. The first-order chi connectivity index (χ1) is 14.2. The van der Waals surface area contributed by atoms with Crippen molar-refractivity contribution in [1.29, 1.82) is 0 Å². The highest BCUT2D eigenvalue weighted by molar-refractivity contribution is 5.87. The van der Waals surface area contributed by atoms with Crippen molar-refractivity contribution in [3.63, 3.8) is 0 Å². The van der Waals surface area contributed by atoms with Crippen LogP contribution in [0.4, 0.5) is 0 Å². The molecule has 0 radical (unpaired) electrons. The van der Waals surface area contributed by atoms with E-state index in [4.69, 9.17) is 9.84 Å². The van der Waals surface area contributed by atoms with Crippen LogP contribution in [-0.4, -0.2) is 29.4 Å². The summed E-state index contributed by atoms with van der Waals surface area (Å²) in [4.78, 5) is 35.6. The molecule has 0 unspecified atom stereocenters. The Labute approximate surface area is 180 Å². The van der Waals surface area contributed by atoms with E-state index in [1.54, 1.807) is 0 Å². The molecule has 4 fully saturated rings. The summed E-state index contributed by atoms with van der Waals surface area (Å²) in [6, 6.07) is 0. The molecule has 0 heterocycles. The van der Waals surface area contributed by atoms with Crippen molar-refractivity contribution < 1.29 is 24.2 Å². The maximum absolute atomic E-state index is 13.7. The number of Topliss-reactive ketones (excluding diaryl/α,β-unsaturated/α-hetero) is 1. The second-order valence-corrected chi connectivity index (χ2v) is 11.3. The minimum absolute atomic E-state index is 0.0487. The Morgan fingerprint density at radius 2 is 1.97 bits per heavy atom. The zero-order valence-electron chi connectivity index (χ0n) is 18.8. The predicted octanol–water partition coefficient (Wildman–Crippen LogP) is 4.87. The lowest BCUT2D eigenvalue weighted by Crippen LogP contribution is -2.57. The summed E-state index contributed by atoms with van der Waals surface area (Å²) in [7, 11) is 0. The van der Waals surface area contributed by atoms with Crippen molar-refractivity contribution >= 4 is 18.2 Å². The number of aliphatic carboxylic acids is 1. The second kappa shape index (κ2) is 7.94. The molecule has 30 heavy (non-hydrogen) atoms. The van der Waals surface area contributed by atoms with Gasteiger partial charge in [0.15, 0.2) is 0 Å². The number of hydrogen-bond acceptors (Lipinski definition) is 4. The minimum Gasteiger partial charge on any atom is -0.481 e. The van der Waals surface area contributed by atoms with Gasteiger partial charge in [-0.15, -0.1) is 0 Å². The molecule has 0 aliphatic heterocycles. The number of ether oxygens (including phenoxy) is 1. The topological polar surface area (TPSA) is 80.7 Å². The third-order valence-corrected chi connectivity index (χ3v) is 10.3. The molecule has 9 atom stereocenters. The lowest BCUT2D eigenvalue weighted by molar-refractivity contribution is -0.163. The Kier molecular flexibility index (Phi) is 5.78. The van der Waals surface area contributed by atoms with E-state index in [0.717, 1.165) is 32.1 Å². The van der Waals surface area contributed by atoms with E-state index in [1.165, 1.54) is 12.8 Å². The first-order valence-corrected chi connectivity index (χ1v) is 12.1. The fourth-order valence-corrected chi connectivity index (χ4v) is 8.62. The Hall–Kier alpha value is -1.39. The van der Waals surface area contributed by atoms with E-state index in [9.17, 15) is 14.4 Å². The molecule has 4 rings (SSSR count). The first-order valence-electron chi connectivity index (χ1n) is 12.1. The molecule has 1 N–H and O–H groups in total. The summed E-state index contributed by atoms with van der Waals surface area (Å²) in [6.45, 7) is 7.38. The third-order valence-electron chi connectivity index (χ3n) is 10.3. The number of carbonyl (C=O) groups is 3. The number of fused-ring (bicyclic) bond motifs is 5. The van der Waals surface area contributed by atoms with E-state index in [1.807, 2.05) is 0 Å². The maximum Gasteiger partial charge on any atom is 0.303 e. The monoisotopic (exact) mass is 418 g/mol. The average Bonchev–Trinajstić information content (AvgIpc) is 3.06. The second-order valence-electron chi connectivity index (χ2n) is 11.3. The lowest BCUT2D eigenvalue weighted by Gasteiger charge is -2.60. The van der Waals surface area contributed by atoms with E-state index in [-0.39, 0.29) is 29.3 Å². The molecular weight excluding hydrogens is 380 g/mol. The van der Waals surface area contributed by atoms with Gasteiger partial charge >= 0.3 is 5.97 Å². The molecule has 4 aliphatic carbocycles. The van der Waals surface area contributed by atoms with Crippen LogP contribution in [0.15, 0.2) is 0 Å². The van der Waals surface area contributed by atoms with Crippen molar-refractivity contribution in [2.45, 2.75) is 91.1 Å². The Balaban J connectivity index is 1.54. The Morgan fingerprint density at radius 3 is 2.67 bits per heavy atom. The molecule has 0 amide bonds. The van der Waals surface area contributed by atoms with Gasteiger partial charge in [0, 0.05) is 18.3 Å². The molecule has 0 aromatic heterocycles. The molecule has 0 spiro atoms. The molecule has 0 saturated heterocycles. The van der Waals surface area contributed by atoms with Gasteiger partial charge in [-0.25, -0.2) is 0 Å². The van der Waals surface area contributed by atoms with Crippen LogP contribution >= 0.6 is 0 Å². The molecule has 0 aromatic carbocycles. The van der Waals surface area contributed by atoms with Gasteiger partial charge in [0.2, 0.25) is 0 Å². The number of carboxylic acid groups (broad SMARTS) is 1. The molecule has 4 aliphatic rings. The van der Waals surface area contributed by atoms with Gasteiger partial charge in [-0.3, -0.25) is 14.4 Å². The highest BCUT2D eigenvalue weighted by atomic mass is 16.5. The smallest absolute Gasteiger partial charge is 0.303 e. The molecule has 0 bridgehead atoms. The van der Waals surface area contributed by atoms with Crippen molar-refractivity contribution in [2.75, 3.05) is 0 Å². The van der Waals surface area contributed by atoms with Gasteiger partial charge in [0.1, 0.15) is 11.9 Å². The quantitative estimate of drug-likeness (QED) is 0.623. The normalized spacial score (nSPS) is 46.3. The van der Waals surface area contributed by atoms with Crippen LogP contribution in [-0.2, 0) is 19.1 Å². The van der Waals surface area contributed by atoms with Crippen molar-refractivity contribution in [3.8, 4) is 0 Å². The summed E-state index contributed by atoms with van der Waals surface area (Å²) in [5, 5.41) is 9.10. The van der Waals surface area contributed by atoms with Crippen LogP contribution in [0.25, 0.3) is 0 Å². The van der Waals surface area contributed by atoms with Crippen molar-refractivity contribution in [2.24, 2.45) is 46.3 Å². The highest BCUT2D eigenvalue weighted by Gasteiger charge is 2.64. The van der Waals surface area contributed by atoms with E-state index in [0.29, 0.717) is 54.7 Å². The number of rotatable bonds is 6. The molecule has 168 valence electrons. The Morgan fingerprint density at radius 1 is 1.20 bits per heavy atom. The molecule has 5 heteroatoms. The number of hydrogen-bond donors (Lipinski definition) is 1. The van der Waals surface area contributed by atoms with Gasteiger partial charge in [0.25, 0.3) is 6.47 Å². The van der Waals surface area contributed by atoms with Crippen molar-refractivity contribution in [3.05, 3.63) is 0 Å². The van der Waals surface area contributed by atoms with Crippen LogP contribution in [0.5, 0.6) is 0 Å². The SMILES string of the molecule is C[C@@H](CCC(=O)O)[C@H]1CC[C@H]2[C@@H]3CC[C@@H]4C[C@@H](OC=O)CC[C@]4(C)[C@H]3CC(=O)[C@]12C. The predicted molar refractivity (Wildman–Crippen MR) is 113 cm³/mol. The molecule has 0 aromatic rings. The van der Waals surface area contributed by atoms with Crippen LogP contribution < -0.4 is 0 Å². The van der Waals surface area contributed by atoms with E-state index >= 15 is 0 Å². The molecule has 5 nitrogen and oxygen atoms in total. The minimum atomic E-state index is -0.739. The van der Waals surface area contributed by atoms with Crippen LogP contribution in [0.1, 0.15) is 85.0 Å². The van der Waals surface area contributed by atoms with Crippen molar-refractivity contribution in [1.82, 2.24) is 0 Å². The highest BCUT2D eigenvalue weighted by Crippen LogP contribution is 2.67. The zero-order valence-corrected chi connectivity index (χ0v) is 18.8. The largest absolute Gasteiger partial charge is 0.481 e. The van der Waals surface area contributed by atoms with Crippen LogP contribution in [0, 0.1) is 46.3 Å². The first kappa shape index (κ1) is 21.8. The van der Waals surface area contributed by atoms with Gasteiger partial charge in [0.05, 0.1) is 0 Å². The summed E-state index contributed by atoms with van der Waals surface area (Å²) in [5.41, 5.74) is -0.101. The van der Waals surface area contributed by atoms with Crippen LogP contribution in [0.3, 0.4) is 0 Å². The average molecular weight is 419 g/mol. The van der Waals surface area contributed by atoms with Gasteiger partial charge in [-0.05, 0) is 92.3 Å². The van der Waals surface area contributed by atoms with Gasteiger partial charge in [-0.1, -0.05) is 20.8 Å². The third kappa shape index (κ3) is 3.31. The number of carbonyl (C=O) groups excluding carboxylic acids is 2. The molecule has 4 saturated carbocycles. The summed E-state index contributed by atoms with van der Waals surface area (Å²) < 4.78 is 5.31. The Bertz CT molecular complexity index is 704. The van der Waals surface area contributed by atoms with E-state index in [2.05, 4.69) is 20.8 Å². The van der Waals surface area contributed by atoms with Gasteiger partial charge in [-0.2, -0.15) is 0 Å². The zero-order chi connectivity index (χ0) is 21.7. The number of carboxylic acids is 1. The van der Waals surface area contributed by atoms with Gasteiger partial charge < -0.3 is 9.84 Å². The summed E-state index contributed by atoms with van der Waals surface area (Å²) in [6.07, 6.45) is 9.05. The lowest BCUT2D eigenvalue weighted by atomic mass is 9.44. The summed E-state index contributed by atoms with van der Waals surface area (Å²) >= 11 is 0.